The van der Waals surface area contributed by atoms with Crippen molar-refractivity contribution in [1.82, 2.24) is 0 Å². The highest BCUT2D eigenvalue weighted by atomic mass is 32.1. The third kappa shape index (κ3) is 5.64. The summed E-state index contributed by atoms with van der Waals surface area (Å²) in [6, 6.07) is 86.7. The quantitative estimate of drug-likeness (QED) is 0.159. The molecule has 64 heavy (non-hydrogen) atoms. The Morgan fingerprint density at radius 2 is 0.906 bits per heavy atom. The number of furan rings is 1. The van der Waals surface area contributed by atoms with Crippen molar-refractivity contribution < 1.29 is 4.42 Å². The largest absolute Gasteiger partial charge is 0.456 e. The Morgan fingerprint density at radius 3 is 1.72 bits per heavy atom. The molecule has 0 saturated heterocycles. The second-order valence-electron chi connectivity index (χ2n) is 16.8. The first-order valence-corrected chi connectivity index (χ1v) is 22.7. The molecular weight excluding hydrogens is 795 g/mol. The third-order valence-corrected chi connectivity index (χ3v) is 14.5. The van der Waals surface area contributed by atoms with Crippen molar-refractivity contribution in [2.24, 2.45) is 0 Å². The van der Waals surface area contributed by atoms with Crippen LogP contribution in [-0.2, 0) is 5.41 Å². The molecule has 0 aliphatic heterocycles. The Labute approximate surface area is 375 Å². The summed E-state index contributed by atoms with van der Waals surface area (Å²) in [5.41, 5.74) is 17.0. The maximum atomic E-state index is 6.15. The molecule has 300 valence electrons. The molecule has 0 atom stereocenters. The predicted molar refractivity (Wildman–Crippen MR) is 269 cm³/mol. The molecule has 2 aromatic heterocycles. The number of para-hydroxylation sites is 1. The number of benzene rings is 10. The van der Waals surface area contributed by atoms with Gasteiger partial charge >= 0.3 is 0 Å². The number of nitrogens with zero attached hydrogens (tertiary/aromatic N) is 1. The van der Waals surface area contributed by atoms with Gasteiger partial charge < -0.3 is 9.32 Å². The molecule has 1 aliphatic rings. The van der Waals surface area contributed by atoms with Gasteiger partial charge in [0, 0.05) is 48.0 Å². The van der Waals surface area contributed by atoms with Gasteiger partial charge in [0.2, 0.25) is 0 Å². The molecule has 0 spiro atoms. The van der Waals surface area contributed by atoms with E-state index in [-0.39, 0.29) is 0 Å². The van der Waals surface area contributed by atoms with Crippen LogP contribution in [-0.4, -0.2) is 0 Å². The molecule has 0 N–H and O–H groups in total. The molecule has 0 bridgehead atoms. The van der Waals surface area contributed by atoms with Gasteiger partial charge in [0.15, 0.2) is 0 Å². The Bertz CT molecular complexity index is 3690. The second kappa shape index (κ2) is 14.6. The molecule has 1 aliphatic carbocycles. The van der Waals surface area contributed by atoms with Gasteiger partial charge in [-0.1, -0.05) is 164 Å². The Hall–Kier alpha value is -7.98. The fraction of sp³-hybridized carbons (Fsp3) is 0.0164. The van der Waals surface area contributed by atoms with Gasteiger partial charge in [-0.25, -0.2) is 0 Å². The van der Waals surface area contributed by atoms with Gasteiger partial charge in [-0.15, -0.1) is 11.3 Å². The molecule has 13 rings (SSSR count). The van der Waals surface area contributed by atoms with Crippen LogP contribution in [0.25, 0.3) is 75.5 Å². The smallest absolute Gasteiger partial charge is 0.135 e. The second-order valence-corrected chi connectivity index (χ2v) is 17.9. The van der Waals surface area contributed by atoms with Crippen molar-refractivity contribution in [3.05, 3.63) is 259 Å². The Morgan fingerprint density at radius 1 is 0.328 bits per heavy atom. The van der Waals surface area contributed by atoms with Crippen LogP contribution in [0.15, 0.2) is 241 Å². The first-order chi connectivity index (χ1) is 31.7. The van der Waals surface area contributed by atoms with Crippen LogP contribution in [0.3, 0.4) is 0 Å². The highest BCUT2D eigenvalue weighted by molar-refractivity contribution is 7.25. The molecule has 0 saturated carbocycles. The molecule has 0 amide bonds. The zero-order valence-corrected chi connectivity index (χ0v) is 35.6. The highest BCUT2D eigenvalue weighted by Gasteiger charge is 2.46. The van der Waals surface area contributed by atoms with E-state index in [2.05, 4.69) is 229 Å². The summed E-state index contributed by atoms with van der Waals surface area (Å²) in [6.45, 7) is 0. The van der Waals surface area contributed by atoms with E-state index in [0.29, 0.717) is 0 Å². The summed E-state index contributed by atoms with van der Waals surface area (Å²) in [5, 5.41) is 4.84. The lowest BCUT2D eigenvalue weighted by atomic mass is 9.68. The zero-order valence-electron chi connectivity index (χ0n) is 34.8. The molecule has 0 fully saturated rings. The van der Waals surface area contributed by atoms with Gasteiger partial charge in [-0.2, -0.15) is 0 Å². The van der Waals surface area contributed by atoms with Crippen LogP contribution < -0.4 is 4.90 Å². The molecule has 12 aromatic rings. The first kappa shape index (κ1) is 36.7. The van der Waals surface area contributed by atoms with E-state index >= 15 is 0 Å². The molecule has 10 aromatic carbocycles. The van der Waals surface area contributed by atoms with Crippen molar-refractivity contribution in [3.8, 4) is 33.4 Å². The number of hydrogen-bond acceptors (Lipinski definition) is 3. The van der Waals surface area contributed by atoms with Gasteiger partial charge in [0.1, 0.15) is 11.2 Å². The minimum Gasteiger partial charge on any atom is -0.456 e. The summed E-state index contributed by atoms with van der Waals surface area (Å²) in [5.74, 6) is 0. The van der Waals surface area contributed by atoms with Crippen molar-refractivity contribution in [1.29, 1.82) is 0 Å². The third-order valence-electron chi connectivity index (χ3n) is 13.4. The average Bonchev–Trinajstić information content (AvgIpc) is 4.03. The van der Waals surface area contributed by atoms with Crippen LogP contribution in [0.5, 0.6) is 0 Å². The maximum absolute atomic E-state index is 6.15. The Kier molecular flexibility index (Phi) is 8.34. The van der Waals surface area contributed by atoms with Crippen molar-refractivity contribution >= 4 is 70.5 Å². The molecule has 2 heterocycles. The summed E-state index contributed by atoms with van der Waals surface area (Å²) in [6.07, 6.45) is 0. The molecule has 2 nitrogen and oxygen atoms in total. The Balaban J connectivity index is 0.953. The maximum Gasteiger partial charge on any atom is 0.135 e. The monoisotopic (exact) mass is 833 g/mol. The molecule has 0 radical (unpaired) electrons. The van der Waals surface area contributed by atoms with E-state index in [1.807, 2.05) is 23.5 Å². The van der Waals surface area contributed by atoms with Crippen LogP contribution in [0, 0.1) is 0 Å². The average molecular weight is 834 g/mol. The normalized spacial score (nSPS) is 12.8. The summed E-state index contributed by atoms with van der Waals surface area (Å²) < 4.78 is 8.74. The summed E-state index contributed by atoms with van der Waals surface area (Å²) >= 11 is 1.85. The van der Waals surface area contributed by atoms with Crippen molar-refractivity contribution in [3.63, 3.8) is 0 Å². The van der Waals surface area contributed by atoms with Gasteiger partial charge in [-0.3, -0.25) is 0 Å². The van der Waals surface area contributed by atoms with E-state index in [1.165, 1.54) is 70.2 Å². The summed E-state index contributed by atoms with van der Waals surface area (Å²) in [4.78, 5) is 2.43. The van der Waals surface area contributed by atoms with Crippen LogP contribution >= 0.6 is 11.3 Å². The minimum atomic E-state index is -0.458. The summed E-state index contributed by atoms with van der Waals surface area (Å²) in [7, 11) is 0. The number of fused-ring (bicyclic) bond motifs is 9. The van der Waals surface area contributed by atoms with Crippen LogP contribution in [0.2, 0.25) is 0 Å². The zero-order chi connectivity index (χ0) is 42.2. The molecular formula is C61H39NOS. The fourth-order valence-electron chi connectivity index (χ4n) is 10.5. The lowest BCUT2D eigenvalue weighted by Gasteiger charge is -2.34. The van der Waals surface area contributed by atoms with Gasteiger partial charge in [0.05, 0.1) is 5.41 Å². The minimum absolute atomic E-state index is 0.458. The lowest BCUT2D eigenvalue weighted by Crippen LogP contribution is -2.28. The standard InChI is InChI=1S/C61H39NOS/c1-3-16-44(17-4-1)61(45-18-5-2-6-19-45)55-23-10-7-20-49(55)52-38-47(31-33-56(52)61)62(48-32-35-60-54(39-48)51-22-9-12-25-59(51)64-60)46-29-26-40(27-30-46)41-14-13-15-42(36-41)43-28-34-58-53(37-43)50-21-8-11-24-57(50)63-58/h1-39H. The van der Waals surface area contributed by atoms with E-state index in [9.17, 15) is 0 Å². The number of hydrogen-bond donors (Lipinski definition) is 0. The lowest BCUT2D eigenvalue weighted by molar-refractivity contribution is 0.669. The molecule has 3 heteroatoms. The van der Waals surface area contributed by atoms with Crippen molar-refractivity contribution in [2.45, 2.75) is 5.41 Å². The van der Waals surface area contributed by atoms with Crippen LogP contribution in [0.1, 0.15) is 22.3 Å². The van der Waals surface area contributed by atoms with E-state index in [1.54, 1.807) is 0 Å². The van der Waals surface area contributed by atoms with E-state index < -0.39 is 5.41 Å². The number of rotatable bonds is 7. The number of thiophene rings is 1. The van der Waals surface area contributed by atoms with E-state index in [4.69, 9.17) is 4.42 Å². The number of anilines is 3. The van der Waals surface area contributed by atoms with Crippen LogP contribution in [0.4, 0.5) is 17.1 Å². The van der Waals surface area contributed by atoms with Crippen molar-refractivity contribution in [2.75, 3.05) is 4.90 Å². The van der Waals surface area contributed by atoms with Gasteiger partial charge in [-0.05, 0) is 128 Å². The SMILES string of the molecule is c1ccc(C2(c3ccccc3)c3ccccc3-c3cc(N(c4ccc(-c5cccc(-c6ccc7oc8ccccc8c7c6)c5)cc4)c4ccc5sc6ccccc6c5c4)ccc32)cc1. The van der Waals surface area contributed by atoms with Gasteiger partial charge in [0.25, 0.3) is 0 Å². The first-order valence-electron chi connectivity index (χ1n) is 21.9. The molecule has 0 unspecified atom stereocenters. The topological polar surface area (TPSA) is 16.4 Å². The van der Waals surface area contributed by atoms with E-state index in [0.717, 1.165) is 44.6 Å². The highest BCUT2D eigenvalue weighted by Crippen LogP contribution is 2.57. The fourth-order valence-corrected chi connectivity index (χ4v) is 11.5. The predicted octanol–water partition coefficient (Wildman–Crippen LogP) is 17.1.